The highest BCUT2D eigenvalue weighted by molar-refractivity contribution is 7.89. The van der Waals surface area contributed by atoms with Crippen LogP contribution in [0.15, 0.2) is 70.0 Å². The van der Waals surface area contributed by atoms with Crippen LogP contribution in [0.3, 0.4) is 0 Å². The second-order valence-corrected chi connectivity index (χ2v) is 9.04. The van der Waals surface area contributed by atoms with Crippen molar-refractivity contribution in [2.75, 3.05) is 26.5 Å². The molecule has 0 aliphatic rings. The first-order valence-corrected chi connectivity index (χ1v) is 10.6. The van der Waals surface area contributed by atoms with E-state index in [9.17, 15) is 13.2 Å². The van der Waals surface area contributed by atoms with Crippen LogP contribution in [-0.2, 0) is 10.0 Å². The number of amides is 1. The van der Waals surface area contributed by atoms with Crippen LogP contribution in [0.1, 0.15) is 10.4 Å². The largest absolute Gasteiger partial charge is 0.495 e. The van der Waals surface area contributed by atoms with Gasteiger partial charge in [0.25, 0.3) is 5.91 Å². The molecule has 7 nitrogen and oxygen atoms in total. The van der Waals surface area contributed by atoms with Crippen molar-refractivity contribution < 1.29 is 22.4 Å². The maximum atomic E-state index is 12.8. The van der Waals surface area contributed by atoms with Gasteiger partial charge in [0.1, 0.15) is 21.8 Å². The summed E-state index contributed by atoms with van der Waals surface area (Å²) < 4.78 is 37.2. The van der Waals surface area contributed by atoms with Gasteiger partial charge in [-0.3, -0.25) is 4.79 Å². The quantitative estimate of drug-likeness (QED) is 0.521. The van der Waals surface area contributed by atoms with Gasteiger partial charge in [-0.1, -0.05) is 18.2 Å². The van der Waals surface area contributed by atoms with E-state index in [2.05, 4.69) is 5.32 Å². The van der Waals surface area contributed by atoms with Crippen LogP contribution >= 0.6 is 0 Å². The van der Waals surface area contributed by atoms with Crippen LogP contribution in [0.25, 0.3) is 21.9 Å². The van der Waals surface area contributed by atoms with Crippen molar-refractivity contribution >= 4 is 43.6 Å². The highest BCUT2D eigenvalue weighted by atomic mass is 32.2. The molecule has 0 atom stereocenters. The van der Waals surface area contributed by atoms with E-state index in [1.54, 1.807) is 12.1 Å². The Hall–Kier alpha value is -3.36. The number of nitrogens with one attached hydrogen (secondary N) is 1. The summed E-state index contributed by atoms with van der Waals surface area (Å²) >= 11 is 0. The number of hydrogen-bond acceptors (Lipinski definition) is 5. The van der Waals surface area contributed by atoms with E-state index in [1.807, 2.05) is 30.3 Å². The molecule has 4 aromatic rings. The molecule has 1 heterocycles. The summed E-state index contributed by atoms with van der Waals surface area (Å²) in [7, 11) is 0.450. The van der Waals surface area contributed by atoms with Crippen molar-refractivity contribution in [1.82, 2.24) is 4.31 Å². The predicted molar refractivity (Wildman–Crippen MR) is 116 cm³/mol. The smallest absolute Gasteiger partial charge is 0.255 e. The minimum Gasteiger partial charge on any atom is -0.495 e. The van der Waals surface area contributed by atoms with Gasteiger partial charge < -0.3 is 14.5 Å². The molecule has 3 aromatic carbocycles. The Morgan fingerprint density at radius 3 is 2.43 bits per heavy atom. The van der Waals surface area contributed by atoms with Gasteiger partial charge >= 0.3 is 0 Å². The van der Waals surface area contributed by atoms with Crippen LogP contribution < -0.4 is 10.1 Å². The fraction of sp³-hybridized carbons (Fsp3) is 0.136. The molecule has 4 rings (SSSR count). The Balaban J connectivity index is 1.69. The molecule has 1 amide bonds. The van der Waals surface area contributed by atoms with Gasteiger partial charge in [0.2, 0.25) is 10.0 Å². The maximum Gasteiger partial charge on any atom is 0.255 e. The molecule has 0 spiro atoms. The number of ether oxygens (including phenoxy) is 1. The van der Waals surface area contributed by atoms with E-state index in [-0.39, 0.29) is 16.2 Å². The molecule has 1 aromatic heterocycles. The number of sulfonamides is 1. The van der Waals surface area contributed by atoms with Crippen LogP contribution in [-0.4, -0.2) is 39.8 Å². The fourth-order valence-electron chi connectivity index (χ4n) is 3.22. The molecule has 8 heteroatoms. The molecule has 0 unspecified atom stereocenters. The van der Waals surface area contributed by atoms with Gasteiger partial charge in [-0.2, -0.15) is 0 Å². The number of carbonyl (C=O) groups excluding carboxylic acids is 1. The van der Waals surface area contributed by atoms with Gasteiger partial charge in [-0.15, -0.1) is 0 Å². The SMILES string of the molecule is COc1ccc(C(=O)Nc2ccc3oc4ccccc4c3c2)cc1S(=O)(=O)N(C)C. The molecule has 1 N–H and O–H groups in total. The van der Waals surface area contributed by atoms with E-state index in [0.717, 1.165) is 26.2 Å². The lowest BCUT2D eigenvalue weighted by atomic mass is 10.1. The van der Waals surface area contributed by atoms with E-state index >= 15 is 0 Å². The molecule has 0 aliphatic carbocycles. The average Bonchev–Trinajstić information content (AvgIpc) is 3.11. The Kier molecular flexibility index (Phi) is 4.97. The Morgan fingerprint density at radius 1 is 0.967 bits per heavy atom. The van der Waals surface area contributed by atoms with Crippen LogP contribution in [0, 0.1) is 0 Å². The molecule has 30 heavy (non-hydrogen) atoms. The van der Waals surface area contributed by atoms with E-state index in [4.69, 9.17) is 9.15 Å². The Labute approximate surface area is 173 Å². The number of fused-ring (bicyclic) bond motifs is 3. The Bertz CT molecular complexity index is 1370. The summed E-state index contributed by atoms with van der Waals surface area (Å²) in [5.74, 6) is -0.258. The molecular formula is C22H20N2O5S. The maximum absolute atomic E-state index is 12.8. The van der Waals surface area contributed by atoms with Gasteiger partial charge in [0.15, 0.2) is 0 Å². The number of nitrogens with zero attached hydrogens (tertiary/aromatic N) is 1. The molecule has 0 saturated heterocycles. The lowest BCUT2D eigenvalue weighted by molar-refractivity contribution is 0.102. The molecule has 0 saturated carbocycles. The first-order valence-electron chi connectivity index (χ1n) is 9.14. The summed E-state index contributed by atoms with van der Waals surface area (Å²) in [6, 6.07) is 17.3. The summed E-state index contributed by atoms with van der Waals surface area (Å²) in [4.78, 5) is 12.7. The van der Waals surface area contributed by atoms with Crippen molar-refractivity contribution in [2.45, 2.75) is 4.90 Å². The van der Waals surface area contributed by atoms with Gasteiger partial charge in [0, 0.05) is 36.1 Å². The zero-order valence-corrected chi connectivity index (χ0v) is 17.5. The summed E-state index contributed by atoms with van der Waals surface area (Å²) in [6.45, 7) is 0. The number of furan rings is 1. The lowest BCUT2D eigenvalue weighted by Gasteiger charge is -2.15. The molecular weight excluding hydrogens is 404 g/mol. The predicted octanol–water partition coefficient (Wildman–Crippen LogP) is 4.10. The molecule has 154 valence electrons. The lowest BCUT2D eigenvalue weighted by Crippen LogP contribution is -2.23. The first-order chi connectivity index (χ1) is 14.3. The Morgan fingerprint density at radius 2 is 1.70 bits per heavy atom. The van der Waals surface area contributed by atoms with E-state index in [1.165, 1.54) is 39.4 Å². The minimum absolute atomic E-state index is 0.0704. The normalized spacial score (nSPS) is 11.9. The van der Waals surface area contributed by atoms with E-state index < -0.39 is 15.9 Å². The third-order valence-corrected chi connectivity index (χ3v) is 6.66. The number of hydrogen-bond donors (Lipinski definition) is 1. The highest BCUT2D eigenvalue weighted by Crippen LogP contribution is 2.31. The van der Waals surface area contributed by atoms with Crippen molar-refractivity contribution in [1.29, 1.82) is 0 Å². The number of methoxy groups -OCH3 is 1. The molecule has 0 radical (unpaired) electrons. The summed E-state index contributed by atoms with van der Waals surface area (Å²) in [6.07, 6.45) is 0. The summed E-state index contributed by atoms with van der Waals surface area (Å²) in [5, 5.41) is 4.66. The van der Waals surface area contributed by atoms with Gasteiger partial charge in [-0.25, -0.2) is 12.7 Å². The molecule has 0 fully saturated rings. The zero-order valence-electron chi connectivity index (χ0n) is 16.7. The third kappa shape index (κ3) is 3.40. The van der Waals surface area contributed by atoms with Crippen molar-refractivity contribution in [3.63, 3.8) is 0 Å². The minimum atomic E-state index is -3.78. The number of anilines is 1. The van der Waals surface area contributed by atoms with Crippen LogP contribution in [0.2, 0.25) is 0 Å². The van der Waals surface area contributed by atoms with Crippen molar-refractivity contribution in [3.8, 4) is 5.75 Å². The number of benzene rings is 3. The van der Waals surface area contributed by atoms with Crippen LogP contribution in [0.4, 0.5) is 5.69 Å². The molecule has 0 bridgehead atoms. The van der Waals surface area contributed by atoms with Crippen molar-refractivity contribution in [2.24, 2.45) is 0 Å². The summed E-state index contributed by atoms with van der Waals surface area (Å²) in [5.41, 5.74) is 2.27. The van der Waals surface area contributed by atoms with Gasteiger partial charge in [0.05, 0.1) is 7.11 Å². The standard InChI is InChI=1S/C22H20N2O5S/c1-24(2)30(26,27)21-12-14(8-10-20(21)28-3)22(25)23-15-9-11-19-17(13-15)16-6-4-5-7-18(16)29-19/h4-13H,1-3H3,(H,23,25). The average molecular weight is 424 g/mol. The number of rotatable bonds is 5. The molecule has 0 aliphatic heterocycles. The highest BCUT2D eigenvalue weighted by Gasteiger charge is 2.24. The third-order valence-electron chi connectivity index (χ3n) is 4.82. The van der Waals surface area contributed by atoms with E-state index in [0.29, 0.717) is 5.69 Å². The zero-order chi connectivity index (χ0) is 21.5. The number of carbonyl (C=O) groups is 1. The first kappa shape index (κ1) is 19.9. The van der Waals surface area contributed by atoms with Crippen molar-refractivity contribution in [3.05, 3.63) is 66.2 Å². The van der Waals surface area contributed by atoms with Crippen LogP contribution in [0.5, 0.6) is 5.75 Å². The topological polar surface area (TPSA) is 88.8 Å². The van der Waals surface area contributed by atoms with Gasteiger partial charge in [-0.05, 0) is 42.5 Å². The second kappa shape index (κ2) is 7.47. The fourth-order valence-corrected chi connectivity index (χ4v) is 4.30. The monoisotopic (exact) mass is 424 g/mol. The second-order valence-electron chi connectivity index (χ2n) is 6.92. The number of para-hydroxylation sites is 1.